The fourth-order valence-electron chi connectivity index (χ4n) is 2.61. The van der Waals surface area contributed by atoms with E-state index in [1.807, 2.05) is 0 Å². The van der Waals surface area contributed by atoms with Gasteiger partial charge in [0.15, 0.2) is 0 Å². The van der Waals surface area contributed by atoms with Crippen LogP contribution in [0.25, 0.3) is 0 Å². The third-order valence-electron chi connectivity index (χ3n) is 3.60. The fraction of sp³-hybridized carbons (Fsp3) is 0.462. The van der Waals surface area contributed by atoms with Crippen molar-refractivity contribution in [3.8, 4) is 5.75 Å². The molecule has 1 aromatic carbocycles. The van der Waals surface area contributed by atoms with Crippen molar-refractivity contribution in [3.63, 3.8) is 0 Å². The molecule has 1 atom stereocenters. The van der Waals surface area contributed by atoms with Crippen molar-refractivity contribution >= 4 is 5.97 Å². The van der Waals surface area contributed by atoms with Crippen LogP contribution in [0.3, 0.4) is 0 Å². The van der Waals surface area contributed by atoms with Crippen LogP contribution in [0.4, 0.5) is 4.39 Å². The zero-order valence-corrected chi connectivity index (χ0v) is 9.90. The summed E-state index contributed by atoms with van der Waals surface area (Å²) in [5, 5.41) is 18.8. The standard InChI is InChI=1S/C13H16FNO3/c14-8-5-9(11(15)7-3-1-2-4-7)12(16)10(6-8)13(17)18/h5-7,11,16H,1-4,15H2,(H,17,18)/t11-/m1/s1. The minimum absolute atomic E-state index is 0.180. The summed E-state index contributed by atoms with van der Waals surface area (Å²) in [5.74, 6) is -2.27. The van der Waals surface area contributed by atoms with Gasteiger partial charge in [0, 0.05) is 11.6 Å². The van der Waals surface area contributed by atoms with Crippen molar-refractivity contribution in [3.05, 3.63) is 29.1 Å². The summed E-state index contributed by atoms with van der Waals surface area (Å²) < 4.78 is 13.4. The fourth-order valence-corrected chi connectivity index (χ4v) is 2.61. The molecule has 2 rings (SSSR count). The van der Waals surface area contributed by atoms with Crippen molar-refractivity contribution in [2.45, 2.75) is 31.7 Å². The van der Waals surface area contributed by atoms with E-state index in [2.05, 4.69) is 0 Å². The Morgan fingerprint density at radius 1 is 1.39 bits per heavy atom. The SMILES string of the molecule is N[C@@H](c1cc(F)cc(C(=O)O)c1O)C1CCCC1. The predicted octanol–water partition coefficient (Wildman–Crippen LogP) is 2.42. The maximum atomic E-state index is 13.4. The Morgan fingerprint density at radius 3 is 2.56 bits per heavy atom. The van der Waals surface area contributed by atoms with Crippen LogP contribution in [0.5, 0.6) is 5.75 Å². The van der Waals surface area contributed by atoms with Gasteiger partial charge in [0.05, 0.1) is 0 Å². The molecule has 1 aliphatic carbocycles. The maximum absolute atomic E-state index is 13.4. The molecular formula is C13H16FNO3. The summed E-state index contributed by atoms with van der Waals surface area (Å²) in [6.07, 6.45) is 4.00. The van der Waals surface area contributed by atoms with Gasteiger partial charge >= 0.3 is 5.97 Å². The molecule has 0 bridgehead atoms. The average Bonchev–Trinajstić information content (AvgIpc) is 2.84. The average molecular weight is 253 g/mol. The van der Waals surface area contributed by atoms with Gasteiger partial charge in [-0.3, -0.25) is 0 Å². The molecule has 4 N–H and O–H groups in total. The van der Waals surface area contributed by atoms with Gasteiger partial charge in [-0.1, -0.05) is 12.8 Å². The Labute approximate surface area is 104 Å². The number of benzene rings is 1. The van der Waals surface area contributed by atoms with Gasteiger partial charge in [0.2, 0.25) is 0 Å². The van der Waals surface area contributed by atoms with E-state index >= 15 is 0 Å². The highest BCUT2D eigenvalue weighted by Crippen LogP contribution is 2.38. The van der Waals surface area contributed by atoms with Gasteiger partial charge < -0.3 is 15.9 Å². The molecule has 5 heteroatoms. The number of hydrogen-bond donors (Lipinski definition) is 3. The minimum atomic E-state index is -1.35. The van der Waals surface area contributed by atoms with Crippen molar-refractivity contribution < 1.29 is 19.4 Å². The van der Waals surface area contributed by atoms with E-state index < -0.39 is 29.1 Å². The highest BCUT2D eigenvalue weighted by molar-refractivity contribution is 5.91. The van der Waals surface area contributed by atoms with Gasteiger partial charge in [0.1, 0.15) is 17.1 Å². The second-order valence-electron chi connectivity index (χ2n) is 4.77. The molecule has 1 aliphatic rings. The zero-order chi connectivity index (χ0) is 13.3. The van der Waals surface area contributed by atoms with Gasteiger partial charge in [-0.2, -0.15) is 0 Å². The maximum Gasteiger partial charge on any atom is 0.339 e. The smallest absolute Gasteiger partial charge is 0.339 e. The summed E-state index contributed by atoms with van der Waals surface area (Å²) in [5.41, 5.74) is 5.78. The molecule has 98 valence electrons. The Balaban J connectivity index is 2.40. The topological polar surface area (TPSA) is 83.6 Å². The molecule has 0 amide bonds. The summed E-state index contributed by atoms with van der Waals surface area (Å²) >= 11 is 0. The number of hydrogen-bond acceptors (Lipinski definition) is 3. The highest BCUT2D eigenvalue weighted by Gasteiger charge is 2.27. The molecule has 1 fully saturated rings. The van der Waals surface area contributed by atoms with Crippen LogP contribution in [0, 0.1) is 11.7 Å². The molecule has 1 saturated carbocycles. The second-order valence-corrected chi connectivity index (χ2v) is 4.77. The third kappa shape index (κ3) is 2.31. The number of aromatic carboxylic acids is 1. The highest BCUT2D eigenvalue weighted by atomic mass is 19.1. The first-order chi connectivity index (χ1) is 8.50. The van der Waals surface area contributed by atoms with Crippen LogP contribution in [0.15, 0.2) is 12.1 Å². The van der Waals surface area contributed by atoms with E-state index in [4.69, 9.17) is 10.8 Å². The van der Waals surface area contributed by atoms with Crippen LogP contribution in [-0.4, -0.2) is 16.2 Å². The number of carboxylic acids is 1. The van der Waals surface area contributed by atoms with E-state index in [0.717, 1.165) is 37.8 Å². The van der Waals surface area contributed by atoms with Crippen LogP contribution in [0.1, 0.15) is 47.6 Å². The molecule has 0 spiro atoms. The Bertz CT molecular complexity index is 470. The summed E-state index contributed by atoms with van der Waals surface area (Å²) in [7, 11) is 0. The molecule has 0 aromatic heterocycles. The Kier molecular flexibility index (Phi) is 3.52. The van der Waals surface area contributed by atoms with Gasteiger partial charge in [0.25, 0.3) is 0 Å². The minimum Gasteiger partial charge on any atom is -0.507 e. The zero-order valence-electron chi connectivity index (χ0n) is 9.90. The number of carboxylic acid groups (broad SMARTS) is 1. The van der Waals surface area contributed by atoms with E-state index in [9.17, 15) is 14.3 Å². The second kappa shape index (κ2) is 4.94. The molecule has 1 aromatic rings. The van der Waals surface area contributed by atoms with Crippen molar-refractivity contribution in [2.75, 3.05) is 0 Å². The number of halogens is 1. The number of nitrogens with two attached hydrogens (primary N) is 1. The van der Waals surface area contributed by atoms with E-state index in [0.29, 0.717) is 0 Å². The number of phenols is 1. The first-order valence-electron chi connectivity index (χ1n) is 6.02. The van der Waals surface area contributed by atoms with Crippen LogP contribution in [0.2, 0.25) is 0 Å². The first kappa shape index (κ1) is 12.8. The molecule has 0 saturated heterocycles. The lowest BCUT2D eigenvalue weighted by atomic mass is 9.90. The molecule has 0 unspecified atom stereocenters. The monoisotopic (exact) mass is 253 g/mol. The van der Waals surface area contributed by atoms with Crippen molar-refractivity contribution in [1.29, 1.82) is 0 Å². The third-order valence-corrected chi connectivity index (χ3v) is 3.60. The summed E-state index contributed by atoms with van der Waals surface area (Å²) in [6.45, 7) is 0. The van der Waals surface area contributed by atoms with Crippen LogP contribution < -0.4 is 5.73 Å². The lowest BCUT2D eigenvalue weighted by Crippen LogP contribution is -2.20. The van der Waals surface area contributed by atoms with Crippen molar-refractivity contribution in [1.82, 2.24) is 0 Å². The number of aromatic hydroxyl groups is 1. The molecule has 0 aliphatic heterocycles. The molecule has 18 heavy (non-hydrogen) atoms. The first-order valence-corrected chi connectivity index (χ1v) is 6.02. The summed E-state index contributed by atoms with van der Waals surface area (Å²) in [6, 6.07) is 1.43. The van der Waals surface area contributed by atoms with E-state index in [-0.39, 0.29) is 11.5 Å². The predicted molar refractivity (Wildman–Crippen MR) is 63.9 cm³/mol. The van der Waals surface area contributed by atoms with Gasteiger partial charge in [-0.05, 0) is 30.9 Å². The lowest BCUT2D eigenvalue weighted by molar-refractivity contribution is 0.0692. The van der Waals surface area contributed by atoms with Gasteiger partial charge in [-0.15, -0.1) is 0 Å². The quantitative estimate of drug-likeness (QED) is 0.772. The molecule has 0 heterocycles. The van der Waals surface area contributed by atoms with E-state index in [1.165, 1.54) is 0 Å². The number of rotatable bonds is 3. The Morgan fingerprint density at radius 2 is 2.00 bits per heavy atom. The number of carbonyl (C=O) groups is 1. The summed E-state index contributed by atoms with van der Waals surface area (Å²) in [4.78, 5) is 10.9. The van der Waals surface area contributed by atoms with Gasteiger partial charge in [-0.25, -0.2) is 9.18 Å². The molecular weight excluding hydrogens is 237 g/mol. The van der Waals surface area contributed by atoms with E-state index in [1.54, 1.807) is 0 Å². The lowest BCUT2D eigenvalue weighted by Gasteiger charge is -2.21. The van der Waals surface area contributed by atoms with Crippen LogP contribution >= 0.6 is 0 Å². The largest absolute Gasteiger partial charge is 0.507 e. The molecule has 0 radical (unpaired) electrons. The molecule has 4 nitrogen and oxygen atoms in total. The Hall–Kier alpha value is -1.62. The van der Waals surface area contributed by atoms with Crippen LogP contribution in [-0.2, 0) is 0 Å². The van der Waals surface area contributed by atoms with Crippen molar-refractivity contribution in [2.24, 2.45) is 11.7 Å². The normalized spacial score (nSPS) is 17.9.